The summed E-state index contributed by atoms with van der Waals surface area (Å²) in [6.07, 6.45) is 23.4. The Balaban J connectivity index is 1.17. The van der Waals surface area contributed by atoms with E-state index in [1.54, 1.807) is 6.07 Å². The van der Waals surface area contributed by atoms with Crippen LogP contribution in [0.15, 0.2) is 18.2 Å². The monoisotopic (exact) mass is 527 g/mol. The highest BCUT2D eigenvalue weighted by Gasteiger charge is 2.41. The van der Waals surface area contributed by atoms with Crippen LogP contribution in [-0.4, -0.2) is 29.1 Å². The molecule has 1 aliphatic heterocycles. The van der Waals surface area contributed by atoms with Gasteiger partial charge in [0.1, 0.15) is 0 Å². The fraction of sp³-hybridized carbons (Fsp3) is 0.719. The Morgan fingerprint density at radius 3 is 1.92 bits per heavy atom. The first kappa shape index (κ1) is 29.9. The van der Waals surface area contributed by atoms with Crippen molar-refractivity contribution >= 4 is 35.0 Å². The summed E-state index contributed by atoms with van der Waals surface area (Å²) >= 11 is 1.81. The van der Waals surface area contributed by atoms with Gasteiger partial charge in [-0.3, -0.25) is 14.4 Å². The smallest absolute Gasteiger partial charge is 0.238 e. The van der Waals surface area contributed by atoms with Crippen LogP contribution in [0.5, 0.6) is 0 Å². The minimum Gasteiger partial charge on any atom is -0.294 e. The van der Waals surface area contributed by atoms with Gasteiger partial charge in [-0.25, -0.2) is 4.90 Å². The number of rotatable bonds is 20. The van der Waals surface area contributed by atoms with Crippen LogP contribution in [0, 0.1) is 5.92 Å². The molecule has 0 aromatic heterocycles. The summed E-state index contributed by atoms with van der Waals surface area (Å²) in [7, 11) is 0. The number of nitrogens with zero attached hydrogens (tertiary/aromatic N) is 1. The van der Waals surface area contributed by atoms with Crippen molar-refractivity contribution in [3.8, 4) is 0 Å². The number of ketones is 1. The van der Waals surface area contributed by atoms with Crippen molar-refractivity contribution in [1.82, 2.24) is 0 Å². The van der Waals surface area contributed by atoms with Crippen molar-refractivity contribution in [1.29, 1.82) is 0 Å². The second-order valence-electron chi connectivity index (χ2n) is 11.1. The molecule has 1 saturated heterocycles. The molecule has 0 saturated carbocycles. The summed E-state index contributed by atoms with van der Waals surface area (Å²) < 4.78 is 0. The molecule has 0 spiro atoms. The fourth-order valence-electron chi connectivity index (χ4n) is 5.74. The first-order valence-electron chi connectivity index (χ1n) is 15.2. The molecule has 0 N–H and O–H groups in total. The number of anilines is 1. The van der Waals surface area contributed by atoms with E-state index >= 15 is 0 Å². The largest absolute Gasteiger partial charge is 0.294 e. The zero-order valence-corrected chi connectivity index (χ0v) is 24.1. The van der Waals surface area contributed by atoms with Gasteiger partial charge in [-0.15, -0.1) is 0 Å². The molecular weight excluding hydrogens is 478 g/mol. The predicted octanol–water partition coefficient (Wildman–Crippen LogP) is 8.69. The topological polar surface area (TPSA) is 54.5 Å². The number of thioether (sulfide) groups is 1. The highest BCUT2D eigenvalue weighted by molar-refractivity contribution is 7.99. The number of hydrogen-bond acceptors (Lipinski definition) is 4. The number of amides is 2. The van der Waals surface area contributed by atoms with Gasteiger partial charge in [0, 0.05) is 24.2 Å². The first-order valence-corrected chi connectivity index (χ1v) is 16.4. The lowest BCUT2D eigenvalue weighted by atomic mass is 10.0. The molecule has 0 bridgehead atoms. The van der Waals surface area contributed by atoms with Gasteiger partial charge in [0.05, 0.1) is 11.6 Å². The Morgan fingerprint density at radius 1 is 0.757 bits per heavy atom. The minimum absolute atomic E-state index is 0.0859. The molecule has 2 amide bonds. The van der Waals surface area contributed by atoms with Gasteiger partial charge in [0.15, 0.2) is 5.78 Å². The van der Waals surface area contributed by atoms with Crippen LogP contribution in [0.3, 0.4) is 0 Å². The number of imide groups is 1. The van der Waals surface area contributed by atoms with E-state index in [-0.39, 0.29) is 23.5 Å². The molecule has 1 heterocycles. The molecular formula is C32H49NO3S. The van der Waals surface area contributed by atoms with Gasteiger partial charge < -0.3 is 0 Å². The van der Waals surface area contributed by atoms with E-state index in [4.69, 9.17) is 0 Å². The van der Waals surface area contributed by atoms with Crippen LogP contribution in [0.1, 0.15) is 138 Å². The quantitative estimate of drug-likeness (QED) is 0.126. The highest BCUT2D eigenvalue weighted by Crippen LogP contribution is 2.36. The zero-order valence-electron chi connectivity index (χ0n) is 23.2. The molecule has 1 aliphatic carbocycles. The van der Waals surface area contributed by atoms with Crippen molar-refractivity contribution in [2.24, 2.45) is 5.92 Å². The maximum atomic E-state index is 13.0. The SMILES string of the molecule is CCCCCCCCCCCCCCCCCCSCC1CC(=O)N(c2cccc3c2CCC3=O)C1=O. The van der Waals surface area contributed by atoms with Crippen LogP contribution < -0.4 is 4.90 Å². The summed E-state index contributed by atoms with van der Waals surface area (Å²) in [5.41, 5.74) is 2.19. The van der Waals surface area contributed by atoms with Crippen molar-refractivity contribution in [3.05, 3.63) is 29.3 Å². The molecule has 1 aromatic carbocycles. The second kappa shape index (κ2) is 17.1. The van der Waals surface area contributed by atoms with E-state index in [2.05, 4.69) is 6.92 Å². The molecule has 37 heavy (non-hydrogen) atoms. The molecule has 206 valence electrons. The van der Waals surface area contributed by atoms with Gasteiger partial charge >= 0.3 is 0 Å². The van der Waals surface area contributed by atoms with Crippen LogP contribution in [0.25, 0.3) is 0 Å². The number of unbranched alkanes of at least 4 members (excludes halogenated alkanes) is 15. The highest BCUT2D eigenvalue weighted by atomic mass is 32.2. The third-order valence-corrected chi connectivity index (χ3v) is 9.21. The second-order valence-corrected chi connectivity index (χ2v) is 12.2. The summed E-state index contributed by atoms with van der Waals surface area (Å²) in [6.45, 7) is 2.28. The molecule has 1 unspecified atom stereocenters. The van der Waals surface area contributed by atoms with Crippen molar-refractivity contribution in [2.45, 2.75) is 129 Å². The van der Waals surface area contributed by atoms with Gasteiger partial charge in [-0.2, -0.15) is 11.8 Å². The Kier molecular flexibility index (Phi) is 13.8. The third kappa shape index (κ3) is 9.57. The lowest BCUT2D eigenvalue weighted by molar-refractivity contribution is -0.122. The van der Waals surface area contributed by atoms with Crippen LogP contribution >= 0.6 is 11.8 Å². The molecule has 3 rings (SSSR count). The van der Waals surface area contributed by atoms with E-state index < -0.39 is 0 Å². The fourth-order valence-corrected chi connectivity index (χ4v) is 6.86. The standard InChI is InChI=1S/C32H49NO3S/c1-2-3-4-5-6-7-8-9-10-11-12-13-14-15-16-17-23-37-25-26-24-31(35)33(32(26)36)29-20-18-19-28-27(29)21-22-30(28)34/h18-20,26H,2-17,21-25H2,1H3. The van der Waals surface area contributed by atoms with E-state index in [9.17, 15) is 14.4 Å². The summed E-state index contributed by atoms with van der Waals surface area (Å²) in [5, 5.41) is 0. The lowest BCUT2D eigenvalue weighted by Gasteiger charge is -2.18. The predicted molar refractivity (Wildman–Crippen MR) is 157 cm³/mol. The zero-order chi connectivity index (χ0) is 26.3. The average molecular weight is 528 g/mol. The molecule has 1 fully saturated rings. The van der Waals surface area contributed by atoms with Crippen LogP contribution in [0.4, 0.5) is 5.69 Å². The lowest BCUT2D eigenvalue weighted by Crippen LogP contribution is -2.31. The van der Waals surface area contributed by atoms with Crippen molar-refractivity contribution in [2.75, 3.05) is 16.4 Å². The number of fused-ring (bicyclic) bond motifs is 1. The van der Waals surface area contributed by atoms with Gasteiger partial charge in [-0.1, -0.05) is 115 Å². The third-order valence-electron chi connectivity index (χ3n) is 8.00. The van der Waals surface area contributed by atoms with Crippen molar-refractivity contribution in [3.63, 3.8) is 0 Å². The number of carbonyl (C=O) groups excluding carboxylic acids is 3. The van der Waals surface area contributed by atoms with E-state index in [0.717, 1.165) is 11.3 Å². The Morgan fingerprint density at radius 2 is 1.32 bits per heavy atom. The Labute approximate surface area is 229 Å². The summed E-state index contributed by atoms with van der Waals surface area (Å²) in [5.74, 6) is 1.45. The van der Waals surface area contributed by atoms with Crippen LogP contribution in [-0.2, 0) is 16.0 Å². The molecule has 0 radical (unpaired) electrons. The van der Waals surface area contributed by atoms with Gasteiger partial charge in [0.2, 0.25) is 11.8 Å². The van der Waals surface area contributed by atoms with Crippen molar-refractivity contribution < 1.29 is 14.4 Å². The molecule has 1 aromatic rings. The first-order chi connectivity index (χ1) is 18.1. The Bertz CT molecular complexity index is 868. The summed E-state index contributed by atoms with van der Waals surface area (Å²) in [6, 6.07) is 5.42. The number of Topliss-reactive ketones (excluding diaryl/α,β-unsaturated/α-hetero) is 1. The van der Waals surface area contributed by atoms with Crippen LogP contribution in [0.2, 0.25) is 0 Å². The molecule has 5 heteroatoms. The maximum absolute atomic E-state index is 13.0. The van der Waals surface area contributed by atoms with E-state index in [1.807, 2.05) is 23.9 Å². The molecule has 4 nitrogen and oxygen atoms in total. The number of hydrogen-bond donors (Lipinski definition) is 0. The van der Waals surface area contributed by atoms with Gasteiger partial charge in [0.25, 0.3) is 0 Å². The van der Waals surface area contributed by atoms with E-state index in [1.165, 1.54) is 108 Å². The summed E-state index contributed by atoms with van der Waals surface area (Å²) in [4.78, 5) is 39.1. The van der Waals surface area contributed by atoms with E-state index in [0.29, 0.717) is 36.3 Å². The maximum Gasteiger partial charge on any atom is 0.238 e. The average Bonchev–Trinajstić information content (AvgIpc) is 3.41. The van der Waals surface area contributed by atoms with Gasteiger partial charge in [-0.05, 0) is 30.2 Å². The Hall–Kier alpha value is -1.62. The molecule has 1 atom stereocenters. The molecule has 2 aliphatic rings. The number of carbonyl (C=O) groups is 3. The minimum atomic E-state index is -0.230. The normalized spacial score (nSPS) is 17.3. The number of benzene rings is 1.